The molecule has 3 aromatic rings. The number of urea groups is 1. The summed E-state index contributed by atoms with van der Waals surface area (Å²) in [4.78, 5) is 29.4. The molecule has 2 heterocycles. The van der Waals surface area contributed by atoms with Crippen LogP contribution in [0.15, 0.2) is 59.0 Å². The first-order valence-electron chi connectivity index (χ1n) is 14.1. The summed E-state index contributed by atoms with van der Waals surface area (Å²) in [6.45, 7) is 4.68. The van der Waals surface area contributed by atoms with Crippen LogP contribution in [0.3, 0.4) is 0 Å². The van der Waals surface area contributed by atoms with Crippen molar-refractivity contribution >= 4 is 46.0 Å². The van der Waals surface area contributed by atoms with Crippen molar-refractivity contribution in [2.75, 3.05) is 50.4 Å². The lowest BCUT2D eigenvalue weighted by molar-refractivity contribution is 0.241. The molecule has 2 amide bonds. The second kappa shape index (κ2) is 18.9. The number of thioether (sulfide) groups is 1. The van der Waals surface area contributed by atoms with Gasteiger partial charge in [-0.1, -0.05) is 31.0 Å². The number of hydrogen-bond donors (Lipinski definition) is 4. The minimum atomic E-state index is -0.225. The van der Waals surface area contributed by atoms with Crippen molar-refractivity contribution in [3.63, 3.8) is 0 Å². The number of thiazole rings is 1. The summed E-state index contributed by atoms with van der Waals surface area (Å²) in [6, 6.07) is 12.4. The quantitative estimate of drug-likeness (QED) is 0.0889. The molecule has 2 aromatic heterocycles. The van der Waals surface area contributed by atoms with Crippen LogP contribution in [0.25, 0.3) is 0 Å². The maximum absolute atomic E-state index is 13.3. The Kier molecular flexibility index (Phi) is 14.9. The van der Waals surface area contributed by atoms with Crippen LogP contribution in [0.1, 0.15) is 36.9 Å². The molecule has 0 aliphatic carbocycles. The van der Waals surface area contributed by atoms with Gasteiger partial charge in [0.15, 0.2) is 5.96 Å². The zero-order chi connectivity index (χ0) is 30.0. The van der Waals surface area contributed by atoms with Crippen molar-refractivity contribution < 1.29 is 9.18 Å². The van der Waals surface area contributed by atoms with Gasteiger partial charge in [-0.05, 0) is 56.3 Å². The Balaban J connectivity index is 1.20. The van der Waals surface area contributed by atoms with E-state index in [1.54, 1.807) is 18.0 Å². The minimum Gasteiger partial charge on any atom is -0.370 e. The van der Waals surface area contributed by atoms with Crippen LogP contribution in [0.5, 0.6) is 0 Å². The number of carbonyl (C=O) groups is 1. The molecule has 1 aromatic carbocycles. The standard InChI is InChI=1S/C29H42FN9OS2/c1-38(17-18-39(26-8-4-6-13-33-26)20-23-9-11-24(30)12-10-23)16-7-3-2-5-14-34-28(40)35-15-19-41-21-25-22-42-29(36-25)37-27(31)32/h4,6,8-13,22H,2-3,5,7,14-21H2,1H3,(H2,34,35,40)(H4,31,32,36,37). The molecule has 0 aliphatic rings. The molecule has 0 bridgehead atoms. The van der Waals surface area contributed by atoms with Gasteiger partial charge in [0, 0.05) is 55.8 Å². The summed E-state index contributed by atoms with van der Waals surface area (Å²) in [6.07, 6.45) is 6.05. The highest BCUT2D eigenvalue weighted by atomic mass is 32.2. The third kappa shape index (κ3) is 13.5. The van der Waals surface area contributed by atoms with Crippen molar-refractivity contribution in [1.29, 1.82) is 0 Å². The predicted octanol–water partition coefficient (Wildman–Crippen LogP) is 4.31. The summed E-state index contributed by atoms with van der Waals surface area (Å²) in [5.41, 5.74) is 12.7. The summed E-state index contributed by atoms with van der Waals surface area (Å²) in [7, 11) is 2.14. The number of guanidine groups is 1. The number of likely N-dealkylation sites (N-methyl/N-ethyl adjacent to an activating group) is 1. The lowest BCUT2D eigenvalue weighted by Crippen LogP contribution is -2.37. The molecular formula is C29H42FN9OS2. The van der Waals surface area contributed by atoms with E-state index in [4.69, 9.17) is 11.5 Å². The van der Waals surface area contributed by atoms with Crippen molar-refractivity contribution in [3.8, 4) is 0 Å². The van der Waals surface area contributed by atoms with Crippen LogP contribution >= 0.6 is 23.1 Å². The molecule has 0 saturated heterocycles. The maximum Gasteiger partial charge on any atom is 0.314 e. The number of unbranched alkanes of at least 4 members (excludes halogenated alkanes) is 3. The Bertz CT molecular complexity index is 1210. The van der Waals surface area contributed by atoms with E-state index in [2.05, 4.69) is 42.4 Å². The highest BCUT2D eigenvalue weighted by molar-refractivity contribution is 7.98. The second-order valence-corrected chi connectivity index (χ2v) is 11.8. The second-order valence-electron chi connectivity index (χ2n) is 9.85. The zero-order valence-electron chi connectivity index (χ0n) is 24.2. The Morgan fingerprint density at radius 1 is 1.02 bits per heavy atom. The van der Waals surface area contributed by atoms with Crippen molar-refractivity contribution in [2.24, 2.45) is 16.5 Å². The number of rotatable bonds is 19. The summed E-state index contributed by atoms with van der Waals surface area (Å²) in [5, 5.41) is 8.31. The SMILES string of the molecule is CN(CCCCCCNC(=O)NCCSCc1csc(N=C(N)N)n1)CCN(Cc1ccc(F)cc1)c1ccccn1. The first-order valence-corrected chi connectivity index (χ1v) is 16.1. The van der Waals surface area contributed by atoms with Gasteiger partial charge in [-0.25, -0.2) is 19.2 Å². The van der Waals surface area contributed by atoms with Gasteiger partial charge in [0.05, 0.1) is 5.69 Å². The predicted molar refractivity (Wildman–Crippen MR) is 173 cm³/mol. The monoisotopic (exact) mass is 615 g/mol. The number of benzene rings is 1. The third-order valence-corrected chi connectivity index (χ3v) is 8.09. The number of amides is 2. The van der Waals surface area contributed by atoms with Gasteiger partial charge in [0.1, 0.15) is 11.6 Å². The highest BCUT2D eigenvalue weighted by Crippen LogP contribution is 2.21. The van der Waals surface area contributed by atoms with E-state index in [-0.39, 0.29) is 17.8 Å². The van der Waals surface area contributed by atoms with Crippen molar-refractivity contribution in [3.05, 3.63) is 71.1 Å². The Morgan fingerprint density at radius 2 is 1.81 bits per heavy atom. The molecule has 0 unspecified atom stereocenters. The molecule has 0 fully saturated rings. The average molecular weight is 616 g/mol. The molecule has 228 valence electrons. The molecule has 0 aliphatic heterocycles. The zero-order valence-corrected chi connectivity index (χ0v) is 25.8. The number of anilines is 1. The van der Waals surface area contributed by atoms with Crippen LogP contribution in [0, 0.1) is 5.82 Å². The number of nitrogens with zero attached hydrogens (tertiary/aromatic N) is 5. The highest BCUT2D eigenvalue weighted by Gasteiger charge is 2.10. The van der Waals surface area contributed by atoms with Crippen LogP contribution in [0.4, 0.5) is 20.1 Å². The Hall–Kier alpha value is -3.42. The van der Waals surface area contributed by atoms with E-state index < -0.39 is 0 Å². The molecule has 42 heavy (non-hydrogen) atoms. The number of aliphatic imine (C=N–C) groups is 1. The van der Waals surface area contributed by atoms with Crippen LogP contribution in [0.2, 0.25) is 0 Å². The number of pyridine rings is 1. The maximum atomic E-state index is 13.3. The molecule has 13 heteroatoms. The van der Waals surface area contributed by atoms with E-state index in [1.165, 1.54) is 23.5 Å². The normalized spacial score (nSPS) is 10.9. The smallest absolute Gasteiger partial charge is 0.314 e. The lowest BCUT2D eigenvalue weighted by atomic mass is 10.2. The number of nitrogens with one attached hydrogen (secondary N) is 2. The van der Waals surface area contributed by atoms with Gasteiger partial charge in [-0.15, -0.1) is 11.3 Å². The first-order chi connectivity index (χ1) is 20.4. The largest absolute Gasteiger partial charge is 0.370 e. The third-order valence-electron chi connectivity index (χ3n) is 6.31. The Morgan fingerprint density at radius 3 is 2.57 bits per heavy atom. The van der Waals surface area contributed by atoms with E-state index in [0.29, 0.717) is 24.8 Å². The van der Waals surface area contributed by atoms with Crippen LogP contribution < -0.4 is 27.0 Å². The van der Waals surface area contributed by atoms with E-state index in [0.717, 1.165) is 73.9 Å². The van der Waals surface area contributed by atoms with Gasteiger partial charge < -0.3 is 31.9 Å². The average Bonchev–Trinajstić information content (AvgIpc) is 3.42. The number of aromatic nitrogens is 2. The van der Waals surface area contributed by atoms with Crippen molar-refractivity contribution in [1.82, 2.24) is 25.5 Å². The molecule has 0 radical (unpaired) electrons. The summed E-state index contributed by atoms with van der Waals surface area (Å²) < 4.78 is 13.3. The number of nitrogens with two attached hydrogens (primary N) is 2. The summed E-state index contributed by atoms with van der Waals surface area (Å²) in [5.74, 6) is 2.23. The molecule has 6 N–H and O–H groups in total. The Labute approximate surface area is 256 Å². The molecule has 0 atom stereocenters. The van der Waals surface area contributed by atoms with Gasteiger partial charge in [-0.3, -0.25) is 0 Å². The molecule has 0 spiro atoms. The number of hydrogen-bond acceptors (Lipinski definition) is 8. The van der Waals surface area contributed by atoms with Gasteiger partial charge in [-0.2, -0.15) is 16.8 Å². The molecule has 0 saturated carbocycles. The lowest BCUT2D eigenvalue weighted by Gasteiger charge is -2.27. The van der Waals surface area contributed by atoms with Crippen LogP contribution in [-0.4, -0.2) is 72.4 Å². The van der Waals surface area contributed by atoms with Crippen LogP contribution in [-0.2, 0) is 12.3 Å². The topological polar surface area (TPSA) is 138 Å². The number of carbonyl (C=O) groups excluding carboxylic acids is 1. The number of halogens is 1. The minimum absolute atomic E-state index is 0.00272. The summed E-state index contributed by atoms with van der Waals surface area (Å²) >= 11 is 3.09. The fraction of sp³-hybridized carbons (Fsp3) is 0.448. The molecule has 10 nitrogen and oxygen atoms in total. The van der Waals surface area contributed by atoms with E-state index in [1.807, 2.05) is 35.7 Å². The molecule has 3 rings (SSSR count). The first kappa shape index (κ1) is 33.1. The van der Waals surface area contributed by atoms with Gasteiger partial charge in [0.25, 0.3) is 0 Å². The molecular weight excluding hydrogens is 574 g/mol. The van der Waals surface area contributed by atoms with Gasteiger partial charge >= 0.3 is 6.03 Å². The van der Waals surface area contributed by atoms with Gasteiger partial charge in [0.2, 0.25) is 5.13 Å². The van der Waals surface area contributed by atoms with E-state index in [9.17, 15) is 9.18 Å². The fourth-order valence-electron chi connectivity index (χ4n) is 4.09. The van der Waals surface area contributed by atoms with E-state index >= 15 is 0 Å². The fourth-order valence-corrected chi connectivity index (χ4v) is 5.65. The van der Waals surface area contributed by atoms with Crippen molar-refractivity contribution in [2.45, 2.75) is 38.0 Å².